The molecule has 0 radical (unpaired) electrons. The normalized spacial score (nSPS) is 11.9. The first-order valence-corrected chi connectivity index (χ1v) is 4.63. The number of hydrogen-bond donors (Lipinski definition) is 2. The van der Waals surface area contributed by atoms with Gasteiger partial charge in [0.05, 0.1) is 6.04 Å². The fraction of sp³-hybridized carbons (Fsp3) is 0.364. The van der Waals surface area contributed by atoms with E-state index in [4.69, 9.17) is 5.11 Å². The molecule has 0 fully saturated rings. The molecule has 0 heterocycles. The van der Waals surface area contributed by atoms with Crippen LogP contribution >= 0.6 is 12.4 Å². The Kier molecular flexibility index (Phi) is 5.97. The highest BCUT2D eigenvalue weighted by Crippen LogP contribution is 2.15. The van der Waals surface area contributed by atoms with E-state index in [0.29, 0.717) is 0 Å². The maximum Gasteiger partial charge on any atom is 0.141 e. The molecule has 15 heavy (non-hydrogen) atoms. The summed E-state index contributed by atoms with van der Waals surface area (Å²) in [6.45, 7) is 3.97. The maximum absolute atomic E-state index is 10.8. The predicted octanol–water partition coefficient (Wildman–Crippen LogP) is 2.05. The van der Waals surface area contributed by atoms with Crippen molar-refractivity contribution >= 4 is 18.7 Å². The van der Waals surface area contributed by atoms with E-state index in [-0.39, 0.29) is 30.2 Å². The molecule has 0 aromatic heterocycles. The third-order valence-electron chi connectivity index (χ3n) is 1.90. The lowest BCUT2D eigenvalue weighted by atomic mass is 10.1. The molecule has 1 rings (SSSR count). The smallest absolute Gasteiger partial charge is 0.141 e. The van der Waals surface area contributed by atoms with Crippen LogP contribution in [0.5, 0.6) is 5.75 Å². The topological polar surface area (TPSA) is 49.3 Å². The highest BCUT2D eigenvalue weighted by molar-refractivity contribution is 5.85. The first kappa shape index (κ1) is 13.9. The summed E-state index contributed by atoms with van der Waals surface area (Å²) in [5.41, 5.74) is 0.867. The van der Waals surface area contributed by atoms with Crippen LogP contribution in [0.3, 0.4) is 0 Å². The van der Waals surface area contributed by atoms with E-state index >= 15 is 0 Å². The van der Waals surface area contributed by atoms with E-state index in [1.165, 1.54) is 0 Å². The van der Waals surface area contributed by atoms with Crippen molar-refractivity contribution in [2.24, 2.45) is 0 Å². The first-order chi connectivity index (χ1) is 6.63. The van der Waals surface area contributed by atoms with E-state index in [0.717, 1.165) is 11.8 Å². The second-order valence-electron chi connectivity index (χ2n) is 3.53. The second-order valence-corrected chi connectivity index (χ2v) is 3.53. The summed E-state index contributed by atoms with van der Waals surface area (Å²) in [6.07, 6.45) is 0.867. The Hall–Kier alpha value is -1.06. The Labute approximate surface area is 95.9 Å². The molecule has 84 valence electrons. The van der Waals surface area contributed by atoms with Gasteiger partial charge in [-0.2, -0.15) is 0 Å². The van der Waals surface area contributed by atoms with Crippen LogP contribution in [0.15, 0.2) is 24.3 Å². The van der Waals surface area contributed by atoms with Gasteiger partial charge in [0.2, 0.25) is 0 Å². The summed E-state index contributed by atoms with van der Waals surface area (Å²) in [6, 6.07) is 6.59. The Bertz CT molecular complexity index is 298. The lowest BCUT2D eigenvalue weighted by Gasteiger charge is -2.15. The molecule has 0 aliphatic rings. The summed E-state index contributed by atoms with van der Waals surface area (Å²) in [7, 11) is 0. The number of carbonyl (C=O) groups excluding carboxylic acids is 1. The van der Waals surface area contributed by atoms with Crippen LogP contribution in [0, 0.1) is 0 Å². The molecular weight excluding hydrogens is 214 g/mol. The van der Waals surface area contributed by atoms with Crippen LogP contribution in [0.2, 0.25) is 0 Å². The zero-order valence-electron chi connectivity index (χ0n) is 8.81. The van der Waals surface area contributed by atoms with E-state index in [2.05, 4.69) is 5.32 Å². The van der Waals surface area contributed by atoms with Gasteiger partial charge in [-0.15, -0.1) is 12.4 Å². The molecule has 0 saturated carbocycles. The van der Waals surface area contributed by atoms with Crippen molar-refractivity contribution in [1.29, 1.82) is 0 Å². The van der Waals surface area contributed by atoms with Crippen molar-refractivity contribution in [1.82, 2.24) is 5.32 Å². The molecule has 1 atom stereocenters. The summed E-state index contributed by atoms with van der Waals surface area (Å²) < 4.78 is 0. The van der Waals surface area contributed by atoms with Crippen LogP contribution in [0.1, 0.15) is 25.5 Å². The van der Waals surface area contributed by atoms with Crippen LogP contribution in [0.25, 0.3) is 0 Å². The Morgan fingerprint density at radius 2 is 1.80 bits per heavy atom. The Balaban J connectivity index is 0.00000196. The fourth-order valence-corrected chi connectivity index (χ4v) is 1.25. The largest absolute Gasteiger partial charge is 0.508 e. The van der Waals surface area contributed by atoms with Crippen LogP contribution in [-0.2, 0) is 4.79 Å². The minimum absolute atomic E-state index is 0. The van der Waals surface area contributed by atoms with Crippen LogP contribution in [0.4, 0.5) is 0 Å². The number of halogens is 1. The average Bonchev–Trinajstić information content (AvgIpc) is 2.15. The molecule has 0 saturated heterocycles. The van der Waals surface area contributed by atoms with E-state index < -0.39 is 0 Å². The van der Waals surface area contributed by atoms with Gasteiger partial charge >= 0.3 is 0 Å². The maximum atomic E-state index is 10.8. The first-order valence-electron chi connectivity index (χ1n) is 4.63. The monoisotopic (exact) mass is 229 g/mol. The van der Waals surface area contributed by atoms with Gasteiger partial charge in [0.1, 0.15) is 12.0 Å². The quantitative estimate of drug-likeness (QED) is 0.777. The molecule has 0 amide bonds. The van der Waals surface area contributed by atoms with Crippen molar-refractivity contribution < 1.29 is 9.90 Å². The Morgan fingerprint density at radius 1 is 1.27 bits per heavy atom. The molecule has 0 aliphatic carbocycles. The standard InChI is InChI=1S/C11H15NO2.ClH/c1-8(2)12-11(7-13)9-3-5-10(14)6-4-9;/h3-8,11-12,14H,1-2H3;1H. The van der Waals surface area contributed by atoms with Crippen molar-refractivity contribution in [3.8, 4) is 5.75 Å². The van der Waals surface area contributed by atoms with Gasteiger partial charge in [-0.05, 0) is 31.5 Å². The molecular formula is C11H16ClNO2. The third kappa shape index (κ3) is 4.32. The molecule has 1 unspecified atom stereocenters. The van der Waals surface area contributed by atoms with Gasteiger partial charge in [0.25, 0.3) is 0 Å². The number of rotatable bonds is 4. The van der Waals surface area contributed by atoms with Gasteiger partial charge in [-0.1, -0.05) is 12.1 Å². The number of aldehydes is 1. The molecule has 4 heteroatoms. The molecule has 0 bridgehead atoms. The highest BCUT2D eigenvalue weighted by Gasteiger charge is 2.10. The number of nitrogens with one attached hydrogen (secondary N) is 1. The number of hydrogen-bond acceptors (Lipinski definition) is 3. The summed E-state index contributed by atoms with van der Waals surface area (Å²) in [5, 5.41) is 12.2. The molecule has 2 N–H and O–H groups in total. The van der Waals surface area contributed by atoms with Gasteiger partial charge in [0, 0.05) is 6.04 Å². The number of phenols is 1. The lowest BCUT2D eigenvalue weighted by molar-refractivity contribution is -0.109. The van der Waals surface area contributed by atoms with Crippen molar-refractivity contribution in [3.63, 3.8) is 0 Å². The Morgan fingerprint density at radius 3 is 2.20 bits per heavy atom. The third-order valence-corrected chi connectivity index (χ3v) is 1.90. The lowest BCUT2D eigenvalue weighted by Crippen LogP contribution is -2.28. The van der Waals surface area contributed by atoms with Gasteiger partial charge in [0.15, 0.2) is 0 Å². The number of aromatic hydroxyl groups is 1. The molecule has 0 spiro atoms. The van der Waals surface area contributed by atoms with Crippen LogP contribution in [-0.4, -0.2) is 17.4 Å². The minimum Gasteiger partial charge on any atom is -0.508 e. The average molecular weight is 230 g/mol. The molecule has 1 aromatic carbocycles. The van der Waals surface area contributed by atoms with E-state index in [1.54, 1.807) is 24.3 Å². The van der Waals surface area contributed by atoms with Gasteiger partial charge in [-0.3, -0.25) is 0 Å². The summed E-state index contributed by atoms with van der Waals surface area (Å²) in [5.74, 6) is 0.211. The number of benzene rings is 1. The summed E-state index contributed by atoms with van der Waals surface area (Å²) >= 11 is 0. The zero-order chi connectivity index (χ0) is 10.6. The van der Waals surface area contributed by atoms with Gasteiger partial charge in [-0.25, -0.2) is 0 Å². The molecule has 0 aliphatic heterocycles. The van der Waals surface area contributed by atoms with Crippen LogP contribution < -0.4 is 5.32 Å². The van der Waals surface area contributed by atoms with Crippen molar-refractivity contribution in [2.75, 3.05) is 0 Å². The minimum atomic E-state index is -0.296. The molecule has 1 aromatic rings. The number of carbonyl (C=O) groups is 1. The van der Waals surface area contributed by atoms with Crippen molar-refractivity contribution in [3.05, 3.63) is 29.8 Å². The van der Waals surface area contributed by atoms with E-state index in [1.807, 2.05) is 13.8 Å². The van der Waals surface area contributed by atoms with Gasteiger partial charge < -0.3 is 15.2 Å². The highest BCUT2D eigenvalue weighted by atomic mass is 35.5. The van der Waals surface area contributed by atoms with Crippen molar-refractivity contribution in [2.45, 2.75) is 25.9 Å². The fourth-order valence-electron chi connectivity index (χ4n) is 1.25. The SMILES string of the molecule is CC(C)NC(C=O)c1ccc(O)cc1.Cl. The zero-order valence-corrected chi connectivity index (χ0v) is 9.62. The molecule has 3 nitrogen and oxygen atoms in total. The second kappa shape index (κ2) is 6.43. The number of phenolic OH excluding ortho intramolecular Hbond substituents is 1. The predicted molar refractivity (Wildman–Crippen MR) is 62.4 cm³/mol. The van der Waals surface area contributed by atoms with E-state index in [9.17, 15) is 4.79 Å². The summed E-state index contributed by atoms with van der Waals surface area (Å²) in [4.78, 5) is 10.8.